The molecule has 0 atom stereocenters. The maximum absolute atomic E-state index is 12.6. The van der Waals surface area contributed by atoms with Crippen molar-refractivity contribution in [3.8, 4) is 5.75 Å². The molecule has 0 saturated carbocycles. The Morgan fingerprint density at radius 3 is 2.74 bits per heavy atom. The minimum absolute atomic E-state index is 0.0822. The maximum Gasteiger partial charge on any atom is 0.416 e. The van der Waals surface area contributed by atoms with Gasteiger partial charge in [0.15, 0.2) is 5.11 Å². The van der Waals surface area contributed by atoms with Crippen molar-refractivity contribution in [3.63, 3.8) is 0 Å². The number of ether oxygens (including phenoxy) is 1. The predicted octanol–water partition coefficient (Wildman–Crippen LogP) is 2.27. The highest BCUT2D eigenvalue weighted by Gasteiger charge is 2.31. The molecule has 104 valence electrons. The molecule has 1 aromatic rings. The fourth-order valence-corrected chi connectivity index (χ4v) is 1.33. The van der Waals surface area contributed by atoms with Crippen molar-refractivity contribution in [2.75, 3.05) is 6.61 Å². The van der Waals surface area contributed by atoms with Gasteiger partial charge in [0.05, 0.1) is 18.4 Å². The van der Waals surface area contributed by atoms with Crippen LogP contribution in [0.15, 0.2) is 23.3 Å². The van der Waals surface area contributed by atoms with Crippen LogP contribution in [0, 0.1) is 0 Å². The van der Waals surface area contributed by atoms with E-state index >= 15 is 0 Å². The second-order valence-corrected chi connectivity index (χ2v) is 3.86. The van der Waals surface area contributed by atoms with Crippen LogP contribution in [0.4, 0.5) is 13.2 Å². The first-order chi connectivity index (χ1) is 8.84. The van der Waals surface area contributed by atoms with Crippen molar-refractivity contribution >= 4 is 23.5 Å². The van der Waals surface area contributed by atoms with Gasteiger partial charge in [-0.25, -0.2) is 0 Å². The molecule has 0 saturated heterocycles. The van der Waals surface area contributed by atoms with E-state index in [2.05, 4.69) is 22.7 Å². The lowest BCUT2D eigenvalue weighted by Crippen LogP contribution is -2.24. The van der Waals surface area contributed by atoms with E-state index in [0.29, 0.717) is 12.4 Å². The van der Waals surface area contributed by atoms with E-state index in [9.17, 15) is 13.2 Å². The van der Waals surface area contributed by atoms with Gasteiger partial charge >= 0.3 is 6.18 Å². The van der Waals surface area contributed by atoms with Crippen molar-refractivity contribution in [1.82, 2.24) is 5.43 Å². The van der Waals surface area contributed by atoms with Gasteiger partial charge in [-0.2, -0.15) is 18.3 Å². The third-order valence-corrected chi connectivity index (χ3v) is 2.11. The summed E-state index contributed by atoms with van der Waals surface area (Å²) in [6, 6.07) is 3.13. The molecule has 4 nitrogen and oxygen atoms in total. The number of nitrogens with one attached hydrogen (secondary N) is 1. The lowest BCUT2D eigenvalue weighted by atomic mass is 10.1. The fraction of sp³-hybridized carbons (Fsp3) is 0.273. The summed E-state index contributed by atoms with van der Waals surface area (Å²) in [6.45, 7) is 2.06. The smallest absolute Gasteiger partial charge is 0.416 e. The van der Waals surface area contributed by atoms with Gasteiger partial charge in [-0.3, -0.25) is 5.43 Å². The maximum atomic E-state index is 12.6. The molecule has 3 N–H and O–H groups in total. The van der Waals surface area contributed by atoms with Gasteiger partial charge in [0.1, 0.15) is 5.75 Å². The summed E-state index contributed by atoms with van der Waals surface area (Å²) in [5.41, 5.74) is 6.81. The van der Waals surface area contributed by atoms with Crippen molar-refractivity contribution < 1.29 is 17.9 Å². The minimum atomic E-state index is -4.43. The Bertz CT molecular complexity index is 489. The van der Waals surface area contributed by atoms with Crippen LogP contribution in [0.3, 0.4) is 0 Å². The number of alkyl halides is 3. The number of halogens is 3. The molecule has 8 heteroatoms. The van der Waals surface area contributed by atoms with Crippen LogP contribution >= 0.6 is 12.2 Å². The zero-order chi connectivity index (χ0) is 14.5. The first-order valence-electron chi connectivity index (χ1n) is 5.27. The number of nitrogens with zero attached hydrogens (tertiary/aromatic N) is 1. The molecule has 0 amide bonds. The van der Waals surface area contributed by atoms with Crippen LogP contribution in [0.5, 0.6) is 5.75 Å². The monoisotopic (exact) mass is 291 g/mol. The molecule has 1 rings (SSSR count). The molecular weight excluding hydrogens is 279 g/mol. The summed E-state index contributed by atoms with van der Waals surface area (Å²) in [5.74, 6) is 0.295. The number of thiocarbonyl (C=S) groups is 1. The molecule has 0 aliphatic rings. The molecule has 0 bridgehead atoms. The first-order valence-corrected chi connectivity index (χ1v) is 5.68. The average Bonchev–Trinajstić information content (AvgIpc) is 2.29. The Balaban J connectivity index is 3.08. The molecule has 0 heterocycles. The summed E-state index contributed by atoms with van der Waals surface area (Å²) in [7, 11) is 0. The number of rotatable bonds is 4. The number of hydrogen-bond acceptors (Lipinski definition) is 3. The SMILES string of the molecule is CCOc1ccc(C(F)(F)F)cc1C=NNC(N)=S. The summed E-state index contributed by atoms with van der Waals surface area (Å²) in [6.07, 6.45) is -3.26. The summed E-state index contributed by atoms with van der Waals surface area (Å²) in [5, 5.41) is 3.54. The summed E-state index contributed by atoms with van der Waals surface area (Å²) >= 11 is 4.52. The number of hydrazone groups is 1. The van der Waals surface area contributed by atoms with Gasteiger partial charge in [0, 0.05) is 5.56 Å². The second kappa shape index (κ2) is 6.37. The molecule has 0 unspecified atom stereocenters. The van der Waals surface area contributed by atoms with E-state index in [0.717, 1.165) is 12.1 Å². The van der Waals surface area contributed by atoms with Crippen LogP contribution in [0.1, 0.15) is 18.1 Å². The van der Waals surface area contributed by atoms with Crippen molar-refractivity contribution in [3.05, 3.63) is 29.3 Å². The van der Waals surface area contributed by atoms with Gasteiger partial charge in [0.25, 0.3) is 0 Å². The average molecular weight is 291 g/mol. The molecule has 0 radical (unpaired) electrons. The predicted molar refractivity (Wildman–Crippen MR) is 70.1 cm³/mol. The molecule has 0 aliphatic heterocycles. The number of hydrogen-bond donors (Lipinski definition) is 2. The highest BCUT2D eigenvalue weighted by atomic mass is 32.1. The normalized spacial score (nSPS) is 11.6. The highest BCUT2D eigenvalue weighted by molar-refractivity contribution is 7.80. The van der Waals surface area contributed by atoms with Gasteiger partial charge in [-0.05, 0) is 37.3 Å². The third kappa shape index (κ3) is 4.74. The van der Waals surface area contributed by atoms with Crippen molar-refractivity contribution in [2.45, 2.75) is 13.1 Å². The highest BCUT2D eigenvalue weighted by Crippen LogP contribution is 2.32. The lowest BCUT2D eigenvalue weighted by Gasteiger charge is -2.11. The number of benzene rings is 1. The molecule has 0 aliphatic carbocycles. The van der Waals surface area contributed by atoms with Gasteiger partial charge < -0.3 is 10.5 Å². The van der Waals surface area contributed by atoms with Gasteiger partial charge in [-0.15, -0.1) is 0 Å². The minimum Gasteiger partial charge on any atom is -0.493 e. The Hall–Kier alpha value is -1.83. The van der Waals surface area contributed by atoms with Crippen LogP contribution in [-0.2, 0) is 6.18 Å². The standard InChI is InChI=1S/C11H12F3N3OS/c1-2-18-9-4-3-8(11(12,13)14)5-7(9)6-16-17-10(15)19/h3-6H,2H2,1H3,(H3,15,17,19). The first kappa shape index (κ1) is 15.2. The van der Waals surface area contributed by atoms with Gasteiger partial charge in [0.2, 0.25) is 0 Å². The van der Waals surface area contributed by atoms with E-state index in [1.54, 1.807) is 6.92 Å². The quantitative estimate of drug-likeness (QED) is 0.507. The fourth-order valence-electron chi connectivity index (χ4n) is 1.28. The lowest BCUT2D eigenvalue weighted by molar-refractivity contribution is -0.137. The Labute approximate surface area is 113 Å². The third-order valence-electron chi connectivity index (χ3n) is 2.02. The molecule has 0 aromatic heterocycles. The molecule has 0 fully saturated rings. The molecule has 0 spiro atoms. The molecular formula is C11H12F3N3OS. The second-order valence-electron chi connectivity index (χ2n) is 3.42. The van der Waals surface area contributed by atoms with Crippen LogP contribution in [-0.4, -0.2) is 17.9 Å². The van der Waals surface area contributed by atoms with E-state index in [1.165, 1.54) is 12.3 Å². The van der Waals surface area contributed by atoms with Crippen molar-refractivity contribution in [2.24, 2.45) is 10.8 Å². The molecule has 19 heavy (non-hydrogen) atoms. The van der Waals surface area contributed by atoms with Crippen LogP contribution in [0.2, 0.25) is 0 Å². The van der Waals surface area contributed by atoms with Gasteiger partial charge in [-0.1, -0.05) is 0 Å². The van der Waals surface area contributed by atoms with Crippen LogP contribution in [0.25, 0.3) is 0 Å². The largest absolute Gasteiger partial charge is 0.493 e. The Morgan fingerprint density at radius 1 is 1.53 bits per heavy atom. The van der Waals surface area contributed by atoms with E-state index in [-0.39, 0.29) is 10.7 Å². The zero-order valence-corrected chi connectivity index (χ0v) is 10.8. The molecule has 1 aromatic carbocycles. The topological polar surface area (TPSA) is 59.6 Å². The van der Waals surface area contributed by atoms with E-state index in [4.69, 9.17) is 10.5 Å². The number of nitrogens with two attached hydrogens (primary N) is 1. The van der Waals surface area contributed by atoms with E-state index in [1.807, 2.05) is 0 Å². The Morgan fingerprint density at radius 2 is 2.21 bits per heavy atom. The van der Waals surface area contributed by atoms with E-state index < -0.39 is 11.7 Å². The Kier molecular flexibility index (Phi) is 5.11. The van der Waals surface area contributed by atoms with Crippen LogP contribution < -0.4 is 15.9 Å². The summed E-state index contributed by atoms with van der Waals surface area (Å²) in [4.78, 5) is 0. The van der Waals surface area contributed by atoms with Crippen molar-refractivity contribution in [1.29, 1.82) is 0 Å². The zero-order valence-electron chi connectivity index (χ0n) is 9.99. The summed E-state index contributed by atoms with van der Waals surface area (Å²) < 4.78 is 43.0.